The summed E-state index contributed by atoms with van der Waals surface area (Å²) in [7, 11) is 0. The first-order chi connectivity index (χ1) is 8.29. The highest BCUT2D eigenvalue weighted by Gasteiger charge is 2.15. The van der Waals surface area contributed by atoms with Crippen LogP contribution in [0.3, 0.4) is 0 Å². The van der Waals surface area contributed by atoms with Crippen molar-refractivity contribution in [3.8, 4) is 0 Å². The zero-order valence-corrected chi connectivity index (χ0v) is 12.3. The molecule has 1 unspecified atom stereocenters. The number of aromatic amines is 1. The van der Waals surface area contributed by atoms with Crippen LogP contribution in [0, 0.1) is 11.3 Å². The molecule has 2 N–H and O–H groups in total. The molecule has 4 nitrogen and oxygen atoms in total. The fourth-order valence-electron chi connectivity index (χ4n) is 2.11. The van der Waals surface area contributed by atoms with Gasteiger partial charge in [-0.2, -0.15) is 5.10 Å². The van der Waals surface area contributed by atoms with Crippen LogP contribution in [0.15, 0.2) is 11.0 Å². The molecule has 102 valence electrons. The monoisotopic (exact) mass is 271 g/mol. The molecule has 5 heteroatoms. The predicted octanol–water partition coefficient (Wildman–Crippen LogP) is 3.30. The third-order valence-corrected chi connectivity index (χ3v) is 3.08. The van der Waals surface area contributed by atoms with E-state index in [1.54, 1.807) is 0 Å². The average Bonchev–Trinajstić information content (AvgIpc) is 2.21. The molecule has 18 heavy (non-hydrogen) atoms. The summed E-state index contributed by atoms with van der Waals surface area (Å²) in [4.78, 5) is 11.2. The van der Waals surface area contributed by atoms with Crippen LogP contribution < -0.4 is 10.9 Å². The summed E-state index contributed by atoms with van der Waals surface area (Å²) in [5, 5.41) is 9.34. The maximum Gasteiger partial charge on any atom is 0.285 e. The van der Waals surface area contributed by atoms with E-state index in [1.807, 2.05) is 0 Å². The molecular formula is C13H22ClN3O. The third-order valence-electron chi connectivity index (χ3n) is 2.71. The van der Waals surface area contributed by atoms with E-state index in [1.165, 1.54) is 12.6 Å². The summed E-state index contributed by atoms with van der Waals surface area (Å²) in [6.07, 6.45) is 3.76. The molecule has 0 aliphatic rings. The third kappa shape index (κ3) is 5.08. The van der Waals surface area contributed by atoms with Crippen LogP contribution in [0.4, 0.5) is 5.69 Å². The van der Waals surface area contributed by atoms with Crippen molar-refractivity contribution in [2.75, 3.05) is 11.9 Å². The van der Waals surface area contributed by atoms with E-state index < -0.39 is 0 Å². The number of nitrogens with zero attached hydrogens (tertiary/aromatic N) is 1. The van der Waals surface area contributed by atoms with E-state index in [-0.39, 0.29) is 10.6 Å². The number of aromatic nitrogens is 2. The van der Waals surface area contributed by atoms with E-state index in [4.69, 9.17) is 11.6 Å². The Hall–Kier alpha value is -1.03. The molecule has 0 aliphatic carbocycles. The van der Waals surface area contributed by atoms with Gasteiger partial charge in [0.25, 0.3) is 5.56 Å². The van der Waals surface area contributed by atoms with E-state index in [0.717, 1.165) is 13.0 Å². The molecule has 1 rings (SSSR count). The molecular weight excluding hydrogens is 250 g/mol. The topological polar surface area (TPSA) is 57.8 Å². The first-order valence-corrected chi connectivity index (χ1v) is 6.64. The molecule has 0 fully saturated rings. The van der Waals surface area contributed by atoms with Crippen molar-refractivity contribution >= 4 is 17.3 Å². The van der Waals surface area contributed by atoms with Gasteiger partial charge in [-0.05, 0) is 24.2 Å². The number of hydrogen-bond donors (Lipinski definition) is 2. The predicted molar refractivity (Wildman–Crippen MR) is 76.2 cm³/mol. The maximum absolute atomic E-state index is 11.2. The molecule has 0 amide bonds. The van der Waals surface area contributed by atoms with Gasteiger partial charge in [-0.25, -0.2) is 5.10 Å². The Morgan fingerprint density at radius 1 is 1.50 bits per heavy atom. The molecule has 1 heterocycles. The van der Waals surface area contributed by atoms with Crippen molar-refractivity contribution < 1.29 is 0 Å². The van der Waals surface area contributed by atoms with E-state index in [0.29, 0.717) is 17.0 Å². The van der Waals surface area contributed by atoms with Crippen molar-refractivity contribution in [3.63, 3.8) is 0 Å². The molecule has 0 spiro atoms. The van der Waals surface area contributed by atoms with Crippen LogP contribution in [0.5, 0.6) is 0 Å². The fraction of sp³-hybridized carbons (Fsp3) is 0.692. The van der Waals surface area contributed by atoms with E-state index in [9.17, 15) is 4.79 Å². The summed E-state index contributed by atoms with van der Waals surface area (Å²) in [5.74, 6) is 0.631. The number of anilines is 1. The quantitative estimate of drug-likeness (QED) is 0.864. The highest BCUT2D eigenvalue weighted by atomic mass is 35.5. The fourth-order valence-corrected chi connectivity index (χ4v) is 2.27. The van der Waals surface area contributed by atoms with Gasteiger partial charge in [-0.15, -0.1) is 0 Å². The second-order valence-corrected chi connectivity index (χ2v) is 6.39. The molecule has 1 atom stereocenters. The SMILES string of the molecule is CC(CCNc1cn[nH]c(=O)c1Cl)CC(C)(C)C. The van der Waals surface area contributed by atoms with Gasteiger partial charge in [-0.1, -0.05) is 39.3 Å². The summed E-state index contributed by atoms with van der Waals surface area (Å²) < 4.78 is 0. The maximum atomic E-state index is 11.2. The highest BCUT2D eigenvalue weighted by Crippen LogP contribution is 2.26. The van der Waals surface area contributed by atoms with Gasteiger partial charge < -0.3 is 5.32 Å². The van der Waals surface area contributed by atoms with Crippen LogP contribution in [-0.4, -0.2) is 16.7 Å². The first kappa shape index (κ1) is 15.0. The van der Waals surface area contributed by atoms with Crippen molar-refractivity contribution in [2.45, 2.75) is 40.5 Å². The molecule has 0 saturated heterocycles. The standard InChI is InChI=1S/C13H22ClN3O/c1-9(7-13(2,3)4)5-6-15-10-8-16-17-12(18)11(10)14/h8-9H,5-7H2,1-4H3,(H2,15,17,18). The Labute approximate surface area is 113 Å². The van der Waals surface area contributed by atoms with E-state index in [2.05, 4.69) is 43.2 Å². The normalized spacial score (nSPS) is 13.4. The van der Waals surface area contributed by atoms with Gasteiger partial charge >= 0.3 is 0 Å². The highest BCUT2D eigenvalue weighted by molar-refractivity contribution is 6.32. The van der Waals surface area contributed by atoms with Crippen molar-refractivity contribution in [2.24, 2.45) is 11.3 Å². The van der Waals surface area contributed by atoms with Crippen LogP contribution in [0.25, 0.3) is 0 Å². The molecule has 1 aromatic rings. The van der Waals surface area contributed by atoms with Crippen LogP contribution >= 0.6 is 11.6 Å². The molecule has 0 aromatic carbocycles. The van der Waals surface area contributed by atoms with Gasteiger partial charge in [0.15, 0.2) is 0 Å². The molecule has 0 saturated carbocycles. The molecule has 0 aliphatic heterocycles. The van der Waals surface area contributed by atoms with E-state index >= 15 is 0 Å². The average molecular weight is 272 g/mol. The van der Waals surface area contributed by atoms with Gasteiger partial charge in [0, 0.05) is 6.54 Å². The van der Waals surface area contributed by atoms with Crippen molar-refractivity contribution in [3.05, 3.63) is 21.6 Å². The Balaban J connectivity index is 2.42. The van der Waals surface area contributed by atoms with Gasteiger partial charge in [0.05, 0.1) is 11.9 Å². The number of hydrogen-bond acceptors (Lipinski definition) is 3. The minimum absolute atomic E-state index is 0.175. The molecule has 1 aromatic heterocycles. The summed E-state index contributed by atoms with van der Waals surface area (Å²) in [6.45, 7) is 9.77. The van der Waals surface area contributed by atoms with Crippen LogP contribution in [-0.2, 0) is 0 Å². The van der Waals surface area contributed by atoms with Crippen LogP contribution in [0.2, 0.25) is 5.02 Å². The van der Waals surface area contributed by atoms with Gasteiger partial charge in [0.2, 0.25) is 0 Å². The number of nitrogens with one attached hydrogen (secondary N) is 2. The minimum Gasteiger partial charge on any atom is -0.382 e. The summed E-state index contributed by atoms with van der Waals surface area (Å²) in [5.41, 5.74) is 0.593. The molecule has 0 bridgehead atoms. The lowest BCUT2D eigenvalue weighted by atomic mass is 9.84. The Morgan fingerprint density at radius 2 is 2.17 bits per heavy atom. The zero-order valence-electron chi connectivity index (χ0n) is 11.5. The Kier molecular flexibility index (Phi) is 5.20. The van der Waals surface area contributed by atoms with Crippen LogP contribution in [0.1, 0.15) is 40.5 Å². The minimum atomic E-state index is -0.357. The zero-order chi connectivity index (χ0) is 13.8. The molecule has 0 radical (unpaired) electrons. The Morgan fingerprint density at radius 3 is 2.78 bits per heavy atom. The largest absolute Gasteiger partial charge is 0.382 e. The second-order valence-electron chi connectivity index (χ2n) is 6.01. The number of rotatable bonds is 5. The summed E-state index contributed by atoms with van der Waals surface area (Å²) in [6, 6.07) is 0. The Bertz CT molecular complexity index is 437. The first-order valence-electron chi connectivity index (χ1n) is 6.26. The van der Waals surface area contributed by atoms with Gasteiger partial charge in [-0.3, -0.25) is 4.79 Å². The number of H-pyrrole nitrogens is 1. The second kappa shape index (κ2) is 6.23. The number of halogens is 1. The lowest BCUT2D eigenvalue weighted by Gasteiger charge is -2.23. The smallest absolute Gasteiger partial charge is 0.285 e. The van der Waals surface area contributed by atoms with Crippen molar-refractivity contribution in [1.82, 2.24) is 10.2 Å². The van der Waals surface area contributed by atoms with Gasteiger partial charge in [0.1, 0.15) is 5.02 Å². The lowest BCUT2D eigenvalue weighted by molar-refractivity contribution is 0.300. The lowest BCUT2D eigenvalue weighted by Crippen LogP contribution is -2.16. The summed E-state index contributed by atoms with van der Waals surface area (Å²) >= 11 is 5.87. The van der Waals surface area contributed by atoms with Crippen molar-refractivity contribution in [1.29, 1.82) is 0 Å².